The maximum atomic E-state index is 11.1. The number of esters is 1. The van der Waals surface area contributed by atoms with Gasteiger partial charge in [-0.3, -0.25) is 4.79 Å². The van der Waals surface area contributed by atoms with E-state index < -0.39 is 6.09 Å². The van der Waals surface area contributed by atoms with Crippen molar-refractivity contribution in [2.45, 2.75) is 0 Å². The van der Waals surface area contributed by atoms with E-state index in [1.807, 2.05) is 0 Å². The number of ether oxygens (including phenoxy) is 2. The van der Waals surface area contributed by atoms with E-state index in [1.165, 1.54) is 18.1 Å². The Labute approximate surface area is 82.3 Å². The Morgan fingerprint density at radius 3 is 2.71 bits per heavy atom. The van der Waals surface area contributed by atoms with Gasteiger partial charge in [0.2, 0.25) is 0 Å². The molecular weight excluding hydrogens is 186 g/mol. The first-order valence-corrected chi connectivity index (χ1v) is 4.29. The number of hydrogen-bond acceptors (Lipinski definition) is 4. The summed E-state index contributed by atoms with van der Waals surface area (Å²) >= 11 is 0. The number of amides is 1. The van der Waals surface area contributed by atoms with Crippen molar-refractivity contribution in [1.82, 2.24) is 4.90 Å². The molecule has 1 saturated heterocycles. The molecule has 0 bridgehead atoms. The van der Waals surface area contributed by atoms with Crippen molar-refractivity contribution in [3.05, 3.63) is 12.7 Å². The first-order valence-electron chi connectivity index (χ1n) is 4.29. The highest BCUT2D eigenvalue weighted by Gasteiger charge is 2.37. The van der Waals surface area contributed by atoms with Gasteiger partial charge in [-0.15, -0.1) is 0 Å². The highest BCUT2D eigenvalue weighted by Crippen LogP contribution is 2.17. The number of rotatable bonds is 3. The van der Waals surface area contributed by atoms with Crippen LogP contribution in [0, 0.1) is 5.92 Å². The fourth-order valence-corrected chi connectivity index (χ4v) is 1.16. The molecule has 0 spiro atoms. The zero-order chi connectivity index (χ0) is 10.6. The van der Waals surface area contributed by atoms with E-state index >= 15 is 0 Å². The van der Waals surface area contributed by atoms with Crippen molar-refractivity contribution in [3.63, 3.8) is 0 Å². The van der Waals surface area contributed by atoms with E-state index in [0.717, 1.165) is 0 Å². The van der Waals surface area contributed by atoms with E-state index in [0.29, 0.717) is 13.1 Å². The molecule has 1 aliphatic rings. The van der Waals surface area contributed by atoms with Gasteiger partial charge in [0.15, 0.2) is 0 Å². The minimum absolute atomic E-state index is 0.193. The first-order chi connectivity index (χ1) is 6.69. The summed E-state index contributed by atoms with van der Waals surface area (Å²) in [6.07, 6.45) is 1.08. The first kappa shape index (κ1) is 10.6. The number of methoxy groups -OCH3 is 1. The molecule has 1 rings (SSSR count). The van der Waals surface area contributed by atoms with Crippen molar-refractivity contribution in [3.8, 4) is 0 Å². The van der Waals surface area contributed by atoms with Gasteiger partial charge in [0.25, 0.3) is 0 Å². The van der Waals surface area contributed by atoms with Crippen LogP contribution in [0.1, 0.15) is 0 Å². The smallest absolute Gasteiger partial charge is 0.410 e. The lowest BCUT2D eigenvalue weighted by molar-refractivity contribution is -0.150. The standard InChI is InChI=1S/C9H13NO4/c1-3-4-14-9(12)10-5-7(6-10)8(11)13-2/h3,7H,1,4-6H2,2H3. The van der Waals surface area contributed by atoms with Crippen LogP contribution in [0.25, 0.3) is 0 Å². The lowest BCUT2D eigenvalue weighted by Crippen LogP contribution is -2.53. The van der Waals surface area contributed by atoms with Gasteiger partial charge in [-0.05, 0) is 0 Å². The number of carbonyl (C=O) groups is 2. The molecule has 1 fully saturated rings. The van der Waals surface area contributed by atoms with Gasteiger partial charge in [0.05, 0.1) is 13.0 Å². The number of hydrogen-bond donors (Lipinski definition) is 0. The van der Waals surface area contributed by atoms with Crippen LogP contribution < -0.4 is 0 Å². The van der Waals surface area contributed by atoms with Crippen LogP contribution in [0.3, 0.4) is 0 Å². The molecule has 0 N–H and O–H groups in total. The van der Waals surface area contributed by atoms with Crippen molar-refractivity contribution in [2.24, 2.45) is 5.92 Å². The molecule has 5 nitrogen and oxygen atoms in total. The summed E-state index contributed by atoms with van der Waals surface area (Å²) in [5.41, 5.74) is 0. The van der Waals surface area contributed by atoms with Crippen LogP contribution >= 0.6 is 0 Å². The largest absolute Gasteiger partial charge is 0.469 e. The van der Waals surface area contributed by atoms with Gasteiger partial charge in [0, 0.05) is 13.1 Å². The van der Waals surface area contributed by atoms with E-state index in [9.17, 15) is 9.59 Å². The van der Waals surface area contributed by atoms with Crippen molar-refractivity contribution >= 4 is 12.1 Å². The molecule has 14 heavy (non-hydrogen) atoms. The summed E-state index contributed by atoms with van der Waals surface area (Å²) in [6.45, 7) is 4.37. The Kier molecular flexibility index (Phi) is 3.50. The average Bonchev–Trinajstić information content (AvgIpc) is 2.11. The van der Waals surface area contributed by atoms with Gasteiger partial charge in [-0.1, -0.05) is 12.7 Å². The summed E-state index contributed by atoms with van der Waals surface area (Å²) in [4.78, 5) is 23.6. The predicted octanol–water partition coefficient (Wildman–Crippen LogP) is 0.414. The third-order valence-corrected chi connectivity index (χ3v) is 2.00. The molecule has 0 aromatic rings. The Bertz CT molecular complexity index is 245. The maximum Gasteiger partial charge on any atom is 0.410 e. The van der Waals surface area contributed by atoms with E-state index in [1.54, 1.807) is 0 Å². The molecule has 0 atom stereocenters. The summed E-state index contributed by atoms with van der Waals surface area (Å²) in [7, 11) is 1.33. The normalized spacial score (nSPS) is 15.6. The zero-order valence-corrected chi connectivity index (χ0v) is 8.06. The van der Waals surface area contributed by atoms with Gasteiger partial charge in [-0.25, -0.2) is 4.79 Å². The second-order valence-electron chi connectivity index (χ2n) is 2.99. The Hall–Kier alpha value is -1.52. The molecule has 1 heterocycles. The van der Waals surface area contributed by atoms with Crippen molar-refractivity contribution in [1.29, 1.82) is 0 Å². The summed E-state index contributed by atoms with van der Waals surface area (Å²) in [5.74, 6) is -0.478. The fourth-order valence-electron chi connectivity index (χ4n) is 1.16. The predicted molar refractivity (Wildman–Crippen MR) is 48.6 cm³/mol. The SMILES string of the molecule is C=CCOC(=O)N1CC(C(=O)OC)C1. The van der Waals surface area contributed by atoms with Crippen LogP contribution in [0.15, 0.2) is 12.7 Å². The lowest BCUT2D eigenvalue weighted by Gasteiger charge is -2.36. The van der Waals surface area contributed by atoms with Crippen molar-refractivity contribution < 1.29 is 19.1 Å². The molecule has 78 valence electrons. The Morgan fingerprint density at radius 1 is 1.57 bits per heavy atom. The molecule has 0 aromatic carbocycles. The number of nitrogens with zero attached hydrogens (tertiary/aromatic N) is 1. The van der Waals surface area contributed by atoms with Gasteiger partial charge < -0.3 is 14.4 Å². The van der Waals surface area contributed by atoms with Gasteiger partial charge in [-0.2, -0.15) is 0 Å². The number of likely N-dealkylation sites (tertiary alicyclic amines) is 1. The summed E-state index contributed by atoms with van der Waals surface area (Å²) in [6, 6.07) is 0. The molecular formula is C9H13NO4. The van der Waals surface area contributed by atoms with Crippen LogP contribution in [0.2, 0.25) is 0 Å². The van der Waals surface area contributed by atoms with Gasteiger partial charge in [0.1, 0.15) is 6.61 Å². The molecule has 0 unspecified atom stereocenters. The summed E-state index contributed by atoms with van der Waals surface area (Å²) in [5, 5.41) is 0. The van der Waals surface area contributed by atoms with Crippen molar-refractivity contribution in [2.75, 3.05) is 26.8 Å². The zero-order valence-electron chi connectivity index (χ0n) is 8.06. The third kappa shape index (κ3) is 2.25. The molecule has 1 aliphatic heterocycles. The van der Waals surface area contributed by atoms with Crippen LogP contribution in [-0.4, -0.2) is 43.8 Å². The van der Waals surface area contributed by atoms with E-state index in [-0.39, 0.29) is 18.5 Å². The molecule has 0 saturated carbocycles. The maximum absolute atomic E-state index is 11.1. The van der Waals surface area contributed by atoms with Crippen LogP contribution in [-0.2, 0) is 14.3 Å². The van der Waals surface area contributed by atoms with E-state index in [4.69, 9.17) is 4.74 Å². The lowest BCUT2D eigenvalue weighted by atomic mass is 10.0. The minimum Gasteiger partial charge on any atom is -0.469 e. The highest BCUT2D eigenvalue weighted by atomic mass is 16.6. The van der Waals surface area contributed by atoms with E-state index in [2.05, 4.69) is 11.3 Å². The Morgan fingerprint density at radius 2 is 2.21 bits per heavy atom. The molecule has 1 amide bonds. The van der Waals surface area contributed by atoms with Crippen LogP contribution in [0.4, 0.5) is 4.79 Å². The molecule has 0 aromatic heterocycles. The number of carbonyl (C=O) groups excluding carboxylic acids is 2. The topological polar surface area (TPSA) is 55.8 Å². The highest BCUT2D eigenvalue weighted by molar-refractivity contribution is 5.78. The monoisotopic (exact) mass is 199 g/mol. The average molecular weight is 199 g/mol. The summed E-state index contributed by atoms with van der Waals surface area (Å²) < 4.78 is 9.30. The second kappa shape index (κ2) is 4.64. The second-order valence-corrected chi connectivity index (χ2v) is 2.99. The molecule has 5 heteroatoms. The Balaban J connectivity index is 2.23. The minimum atomic E-state index is -0.412. The third-order valence-electron chi connectivity index (χ3n) is 2.00. The fraction of sp³-hybridized carbons (Fsp3) is 0.556. The van der Waals surface area contributed by atoms with Crippen LogP contribution in [0.5, 0.6) is 0 Å². The molecule has 0 radical (unpaired) electrons. The molecule has 0 aliphatic carbocycles. The van der Waals surface area contributed by atoms with Gasteiger partial charge >= 0.3 is 12.1 Å². The quantitative estimate of drug-likeness (QED) is 0.488.